The van der Waals surface area contributed by atoms with Crippen LogP contribution in [-0.4, -0.2) is 161 Å². The van der Waals surface area contributed by atoms with E-state index in [1.807, 2.05) is 0 Å². The Morgan fingerprint density at radius 2 is 0.455 bits per heavy atom. The van der Waals surface area contributed by atoms with E-state index in [0.29, 0.717) is 161 Å². The highest BCUT2D eigenvalue weighted by atomic mass is 16.3. The molecule has 0 saturated heterocycles. The minimum absolute atomic E-state index is 0.142. The highest BCUT2D eigenvalue weighted by Gasteiger charge is 2.48. The van der Waals surface area contributed by atoms with Gasteiger partial charge in [-0.05, 0) is 141 Å². The zero-order valence-corrected chi connectivity index (χ0v) is 57.9. The van der Waals surface area contributed by atoms with Gasteiger partial charge in [0, 0.05) is 79.8 Å². The molecule has 0 aromatic heterocycles. The number of amides is 13. The molecule has 11 saturated carbocycles. The zero-order chi connectivity index (χ0) is 70.0. The van der Waals surface area contributed by atoms with Crippen molar-refractivity contribution in [3.63, 3.8) is 0 Å². The maximum Gasteiger partial charge on any atom is 0.225 e. The van der Waals surface area contributed by atoms with Crippen LogP contribution in [0.3, 0.4) is 0 Å². The van der Waals surface area contributed by atoms with Crippen LogP contribution in [0, 0.1) is 65.1 Å². The third-order valence-corrected chi connectivity index (χ3v) is 25.1. The lowest BCUT2D eigenvalue weighted by Gasteiger charge is -2.29. The predicted octanol–water partition coefficient (Wildman–Crippen LogP) is 1.49. The van der Waals surface area contributed by atoms with Gasteiger partial charge in [0.25, 0.3) is 0 Å². The number of aliphatic hydroxyl groups is 1. The van der Waals surface area contributed by atoms with Gasteiger partial charge in [-0.25, -0.2) is 0 Å². The fraction of sp³-hybridized carbons (Fsp3) is 0.819. The van der Waals surface area contributed by atoms with E-state index >= 15 is 0 Å². The van der Waals surface area contributed by atoms with Crippen LogP contribution in [0.4, 0.5) is 0 Å². The number of hydrogen-bond acceptors (Lipinski definition) is 14. The number of rotatable bonds is 26. The Kier molecular flexibility index (Phi) is 24.9. The number of carbonyl (C=O) groups excluding carboxylic acids is 13. The molecule has 0 unspecified atom stereocenters. The maximum absolute atomic E-state index is 14.1. The highest BCUT2D eigenvalue weighted by molar-refractivity contribution is 5.90. The fourth-order valence-electron chi connectivity index (χ4n) is 19.8. The molecule has 23 atom stereocenters. The molecule has 548 valence electrons. The van der Waals surface area contributed by atoms with Gasteiger partial charge >= 0.3 is 0 Å². The molecule has 0 aliphatic heterocycles. The molecule has 27 nitrogen and oxygen atoms in total. The number of nitrogens with two attached hydrogens (primary N) is 1. The van der Waals surface area contributed by atoms with Crippen LogP contribution in [0.2, 0.25) is 0 Å². The van der Waals surface area contributed by atoms with E-state index in [1.54, 1.807) is 0 Å². The van der Waals surface area contributed by atoms with Crippen LogP contribution in [0.1, 0.15) is 225 Å². The Balaban J connectivity index is 0.593. The normalized spacial score (nSPS) is 36.5. The quantitative estimate of drug-likeness (QED) is 0.0584. The summed E-state index contributed by atoms with van der Waals surface area (Å²) in [6.45, 7) is 0.918. The van der Waals surface area contributed by atoms with Crippen molar-refractivity contribution in [3.8, 4) is 0 Å². The second-order valence-electron chi connectivity index (χ2n) is 31.4. The predicted molar refractivity (Wildman–Crippen MR) is 360 cm³/mol. The summed E-state index contributed by atoms with van der Waals surface area (Å²) in [5.74, 6) is -8.55. The van der Waals surface area contributed by atoms with Crippen molar-refractivity contribution in [2.24, 2.45) is 70.8 Å². The van der Waals surface area contributed by atoms with E-state index in [0.717, 1.165) is 51.4 Å². The highest BCUT2D eigenvalue weighted by Crippen LogP contribution is 2.38. The molecule has 11 aliphatic rings. The molecule has 11 fully saturated rings. The lowest BCUT2D eigenvalue weighted by molar-refractivity contribution is -0.133. The number of primary amides is 1. The molecule has 0 bridgehead atoms. The molecule has 13 amide bonds. The SMILES string of the molecule is CC(=O)N[C@H]1CCC[C@@H]1C(=O)N[C@H]1CCC[C@@H]1C(=O)N[C@H]1CCC[C@@H]1C(=O)N[C@H]1CCC[C@@H]1C(=O)N[C@H]1CCC[C@@H]1C(=O)N[C@H](CO)CC(=O)N[C@H]1CCC[C@@H]1C(=O)N[C@H]1CCC[C@@H]1C(=O)N[C@H]1CCC[C@@H]1C(=O)N[C@H]1CCC[C@@H]1C(=O)N[C@H]1CCC[C@@H]1C(=O)N[C@H]1CCC[C@@H]1C(N)=O. The van der Waals surface area contributed by atoms with Crippen LogP contribution in [0.25, 0.3) is 0 Å². The Labute approximate surface area is 580 Å². The second kappa shape index (κ2) is 33.7. The van der Waals surface area contributed by atoms with E-state index in [2.05, 4.69) is 63.8 Å². The van der Waals surface area contributed by atoms with Crippen molar-refractivity contribution in [1.29, 1.82) is 0 Å². The maximum atomic E-state index is 14.1. The first-order valence-electron chi connectivity index (χ1n) is 38.2. The van der Waals surface area contributed by atoms with Crippen LogP contribution < -0.4 is 69.5 Å². The summed E-state index contributed by atoms with van der Waals surface area (Å²) in [6.07, 6.45) is 21.3. The van der Waals surface area contributed by atoms with Crippen molar-refractivity contribution in [1.82, 2.24) is 63.8 Å². The Morgan fingerprint density at radius 1 is 0.273 bits per heavy atom. The van der Waals surface area contributed by atoms with Gasteiger partial charge < -0.3 is 74.6 Å². The average Bonchev–Trinajstić information content (AvgIpc) is 1.72. The number of aliphatic hydroxyl groups excluding tert-OH is 1. The van der Waals surface area contributed by atoms with Gasteiger partial charge in [-0.3, -0.25) is 62.3 Å². The molecule has 11 rings (SSSR count). The van der Waals surface area contributed by atoms with Gasteiger partial charge in [0.2, 0.25) is 76.8 Å². The van der Waals surface area contributed by atoms with Crippen molar-refractivity contribution in [2.45, 2.75) is 298 Å². The molecule has 0 heterocycles. The summed E-state index contributed by atoms with van der Waals surface area (Å²) in [6, 6.07) is -5.26. The standard InChI is InChI=1S/C72H111N13O14/c1-37(87)74-51-25-3-14-40(51)64(91)79-55-29-7-18-44(55)68(95)83-59-33-11-22-48(59)71(98)82-57-31-9-20-46(57)67(94)78-53-27-5-16-42(53)63(90)75-38(36-86)35-61(88)76-52-26-4-15-41(52)65(92)80-56-30-8-19-45(56)69(96)84-60-34-12-23-49(60)72(99)85-58-32-10-21-47(58)70(97)81-54-28-6-17-43(54)66(93)77-50-24-2-13-39(50)62(73)89/h38-60,86H,2-36H2,1H3,(H2,73,89)(H,74,87)(H,75,90)(H,76,88)(H,77,93)(H,78,94)(H,79,91)(H,80,92)(H,81,97)(H,82,98)(H,83,95)(H,84,96)(H,85,99)/t38-,39-,40-,41-,42-,43-,44-,45-,46-,47-,48-,49-,50-,51-,52-,53-,54-,55-,56-,57-,58-,59-,60-/m0/s1. The summed E-state index contributed by atoms with van der Waals surface area (Å²) in [5.41, 5.74) is 5.61. The molecule has 0 spiro atoms. The van der Waals surface area contributed by atoms with E-state index in [9.17, 15) is 67.4 Å². The molecule has 27 heteroatoms. The number of hydrogen-bond donors (Lipinski definition) is 14. The van der Waals surface area contributed by atoms with Crippen molar-refractivity contribution in [3.05, 3.63) is 0 Å². The van der Waals surface area contributed by atoms with Crippen LogP contribution >= 0.6 is 0 Å². The van der Waals surface area contributed by atoms with Gasteiger partial charge in [0.05, 0.1) is 77.7 Å². The van der Waals surface area contributed by atoms with Gasteiger partial charge in [-0.15, -0.1) is 0 Å². The molecule has 0 aromatic rings. The topological polar surface area (TPSA) is 413 Å². The van der Waals surface area contributed by atoms with Crippen molar-refractivity contribution in [2.75, 3.05) is 6.61 Å². The number of carbonyl (C=O) groups is 13. The third-order valence-electron chi connectivity index (χ3n) is 25.1. The van der Waals surface area contributed by atoms with Gasteiger partial charge in [-0.2, -0.15) is 0 Å². The lowest BCUT2D eigenvalue weighted by Crippen LogP contribution is -2.54. The van der Waals surface area contributed by atoms with Crippen molar-refractivity contribution < 1.29 is 67.4 Å². The molecular formula is C72H111N13O14. The van der Waals surface area contributed by atoms with Crippen LogP contribution in [0.15, 0.2) is 0 Å². The Bertz CT molecular complexity index is 3010. The molecule has 0 aromatic carbocycles. The molecule has 15 N–H and O–H groups in total. The van der Waals surface area contributed by atoms with Gasteiger partial charge in [0.1, 0.15) is 0 Å². The summed E-state index contributed by atoms with van der Waals surface area (Å²) >= 11 is 0. The number of nitrogens with one attached hydrogen (secondary N) is 12. The van der Waals surface area contributed by atoms with Gasteiger partial charge in [0.15, 0.2) is 0 Å². The third kappa shape index (κ3) is 17.9. The first kappa shape index (κ1) is 73.3. The Hall–Kier alpha value is -6.93. The van der Waals surface area contributed by atoms with E-state index in [4.69, 9.17) is 5.73 Å². The molecular weight excluding hydrogens is 1270 g/mol. The van der Waals surface area contributed by atoms with Gasteiger partial charge in [-0.1, -0.05) is 70.6 Å². The smallest absolute Gasteiger partial charge is 0.225 e. The van der Waals surface area contributed by atoms with E-state index < -0.39 is 132 Å². The van der Waals surface area contributed by atoms with E-state index in [1.165, 1.54) is 6.92 Å². The second-order valence-corrected chi connectivity index (χ2v) is 31.4. The fourth-order valence-corrected chi connectivity index (χ4v) is 19.8. The minimum Gasteiger partial charge on any atom is -0.394 e. The summed E-state index contributed by atoms with van der Waals surface area (Å²) in [7, 11) is 0. The summed E-state index contributed by atoms with van der Waals surface area (Å²) in [4.78, 5) is 176. The molecule has 99 heavy (non-hydrogen) atoms. The summed E-state index contributed by atoms with van der Waals surface area (Å²) < 4.78 is 0. The first-order chi connectivity index (χ1) is 47.7. The summed E-state index contributed by atoms with van der Waals surface area (Å²) in [5, 5.41) is 47.5. The largest absolute Gasteiger partial charge is 0.394 e. The van der Waals surface area contributed by atoms with Crippen molar-refractivity contribution >= 4 is 76.8 Å². The first-order valence-corrected chi connectivity index (χ1v) is 38.2. The molecule has 0 radical (unpaired) electrons. The average molecular weight is 1380 g/mol. The monoisotopic (exact) mass is 1380 g/mol. The Morgan fingerprint density at radius 3 is 0.657 bits per heavy atom. The minimum atomic E-state index is -0.941. The van der Waals surface area contributed by atoms with E-state index in [-0.39, 0.29) is 95.6 Å². The zero-order valence-electron chi connectivity index (χ0n) is 57.9. The van der Waals surface area contributed by atoms with Crippen LogP contribution in [-0.2, 0) is 62.3 Å². The molecule has 11 aliphatic carbocycles. The lowest BCUT2D eigenvalue weighted by atomic mass is 9.95. The van der Waals surface area contributed by atoms with Crippen LogP contribution in [0.5, 0.6) is 0 Å².